The molecule has 3 amide bonds. The second-order valence-corrected chi connectivity index (χ2v) is 8.24. The molecule has 2 aromatic carbocycles. The van der Waals surface area contributed by atoms with Crippen LogP contribution in [0.4, 0.5) is 11.4 Å². The molecular weight excluding hydrogens is 376 g/mol. The normalized spacial score (nSPS) is 26.6. The third kappa shape index (κ3) is 2.98. The van der Waals surface area contributed by atoms with E-state index in [1.54, 1.807) is 24.3 Å². The highest BCUT2D eigenvalue weighted by atomic mass is 16.2. The lowest BCUT2D eigenvalue weighted by Crippen LogP contribution is -2.32. The van der Waals surface area contributed by atoms with Gasteiger partial charge < -0.3 is 5.32 Å². The lowest BCUT2D eigenvalue weighted by Gasteiger charge is -2.17. The predicted molar refractivity (Wildman–Crippen MR) is 115 cm³/mol. The van der Waals surface area contributed by atoms with Gasteiger partial charge in [0.1, 0.15) is 0 Å². The smallest absolute Gasteiger partial charge is 0.248 e. The molecule has 2 aliphatic carbocycles. The van der Waals surface area contributed by atoms with Crippen LogP contribution in [0.1, 0.15) is 17.5 Å². The fourth-order valence-electron chi connectivity index (χ4n) is 4.98. The molecule has 4 unspecified atom stereocenters. The highest BCUT2D eigenvalue weighted by Gasteiger charge is 2.59. The van der Waals surface area contributed by atoms with Gasteiger partial charge in [0.2, 0.25) is 17.7 Å². The number of hydrogen-bond donors (Lipinski definition) is 1. The first kappa shape index (κ1) is 18.6. The number of anilines is 2. The molecule has 5 heteroatoms. The van der Waals surface area contributed by atoms with Gasteiger partial charge in [-0.2, -0.15) is 0 Å². The van der Waals surface area contributed by atoms with Crippen LogP contribution in [-0.2, 0) is 14.4 Å². The number of benzene rings is 2. The van der Waals surface area contributed by atoms with Gasteiger partial charge in [-0.3, -0.25) is 14.4 Å². The number of rotatable bonds is 4. The van der Waals surface area contributed by atoms with Crippen molar-refractivity contribution in [1.82, 2.24) is 0 Å². The third-order valence-electron chi connectivity index (χ3n) is 6.43. The number of carbonyl (C=O) groups excluding carboxylic acids is 3. The van der Waals surface area contributed by atoms with Gasteiger partial charge in [0.05, 0.1) is 17.5 Å². The van der Waals surface area contributed by atoms with E-state index in [-0.39, 0.29) is 41.4 Å². The van der Waals surface area contributed by atoms with Crippen LogP contribution in [0, 0.1) is 30.6 Å². The molecule has 1 saturated carbocycles. The molecule has 5 rings (SSSR count). The predicted octanol–water partition coefficient (Wildman–Crippen LogP) is 3.96. The molecule has 0 spiro atoms. The molecule has 1 heterocycles. The largest absolute Gasteiger partial charge is 0.322 e. The lowest BCUT2D eigenvalue weighted by atomic mass is 9.85. The van der Waals surface area contributed by atoms with E-state index in [1.165, 1.54) is 11.0 Å². The highest BCUT2D eigenvalue weighted by Crippen LogP contribution is 2.53. The maximum absolute atomic E-state index is 13.0. The number of hydrogen-bond acceptors (Lipinski definition) is 3. The molecule has 1 N–H and O–H groups in total. The summed E-state index contributed by atoms with van der Waals surface area (Å²) in [6.45, 7) is 1.93. The number of carbonyl (C=O) groups is 3. The van der Waals surface area contributed by atoms with Crippen molar-refractivity contribution in [2.24, 2.45) is 23.7 Å². The molecule has 150 valence electrons. The molecule has 2 aromatic rings. The quantitative estimate of drug-likeness (QED) is 0.482. The molecule has 0 aromatic heterocycles. The number of para-hydroxylation sites is 1. The molecule has 1 saturated heterocycles. The standard InChI is InChI=1S/C25H22N2O3/c1-15-5-2-3-8-20(15)26-21(28)12-9-16-6-4-7-19(13-16)27-24(29)22-17-10-11-18(14-17)23(22)25(27)30/h2-13,17-18,22-23H,14H2,1H3,(H,26,28)/b12-9+. The van der Waals surface area contributed by atoms with E-state index < -0.39 is 0 Å². The van der Waals surface area contributed by atoms with Crippen molar-refractivity contribution < 1.29 is 14.4 Å². The number of allylic oxidation sites excluding steroid dienone is 2. The van der Waals surface area contributed by atoms with Crippen molar-refractivity contribution in [2.75, 3.05) is 10.2 Å². The van der Waals surface area contributed by atoms with Gasteiger partial charge in [-0.05, 0) is 60.6 Å². The average Bonchev–Trinajstić information content (AvgIpc) is 3.42. The van der Waals surface area contributed by atoms with Gasteiger partial charge in [-0.1, -0.05) is 42.5 Å². The maximum Gasteiger partial charge on any atom is 0.248 e. The first-order valence-electron chi connectivity index (χ1n) is 10.2. The van der Waals surface area contributed by atoms with E-state index >= 15 is 0 Å². The minimum absolute atomic E-state index is 0.0970. The second kappa shape index (κ2) is 7.10. The zero-order chi connectivity index (χ0) is 20.8. The first-order valence-corrected chi connectivity index (χ1v) is 10.2. The Morgan fingerprint density at radius 1 is 1.00 bits per heavy atom. The first-order chi connectivity index (χ1) is 14.5. The number of amides is 3. The summed E-state index contributed by atoms with van der Waals surface area (Å²) in [6, 6.07) is 14.8. The van der Waals surface area contributed by atoms with Crippen molar-refractivity contribution in [3.8, 4) is 0 Å². The van der Waals surface area contributed by atoms with Gasteiger partial charge in [0.15, 0.2) is 0 Å². The lowest BCUT2D eigenvalue weighted by molar-refractivity contribution is -0.123. The molecule has 2 fully saturated rings. The summed E-state index contributed by atoms with van der Waals surface area (Å²) in [5, 5.41) is 2.86. The van der Waals surface area contributed by atoms with Crippen LogP contribution in [0.15, 0.2) is 66.8 Å². The Hall–Kier alpha value is -3.47. The van der Waals surface area contributed by atoms with Crippen molar-refractivity contribution in [1.29, 1.82) is 0 Å². The Labute approximate surface area is 175 Å². The fourth-order valence-corrected chi connectivity index (χ4v) is 4.98. The van der Waals surface area contributed by atoms with E-state index in [4.69, 9.17) is 0 Å². The number of nitrogens with zero attached hydrogens (tertiary/aromatic N) is 1. The monoisotopic (exact) mass is 398 g/mol. The second-order valence-electron chi connectivity index (χ2n) is 8.24. The Bertz CT molecular complexity index is 1090. The SMILES string of the molecule is Cc1ccccc1NC(=O)/C=C/c1cccc(N2C(=O)C3C4C=CC(C4)C3C2=O)c1. The van der Waals surface area contributed by atoms with Crippen LogP contribution < -0.4 is 10.2 Å². The maximum atomic E-state index is 13.0. The van der Waals surface area contributed by atoms with E-state index in [1.807, 2.05) is 37.3 Å². The van der Waals surface area contributed by atoms with Gasteiger partial charge in [0, 0.05) is 11.8 Å². The molecule has 0 radical (unpaired) electrons. The van der Waals surface area contributed by atoms with E-state index in [2.05, 4.69) is 17.5 Å². The molecule has 4 atom stereocenters. The van der Waals surface area contributed by atoms with Crippen molar-refractivity contribution >= 4 is 35.2 Å². The summed E-state index contributed by atoms with van der Waals surface area (Å²) in [5.41, 5.74) is 3.08. The highest BCUT2D eigenvalue weighted by molar-refractivity contribution is 6.22. The van der Waals surface area contributed by atoms with Crippen molar-refractivity contribution in [2.45, 2.75) is 13.3 Å². The number of imide groups is 1. The number of aryl methyl sites for hydroxylation is 1. The van der Waals surface area contributed by atoms with Gasteiger partial charge in [-0.25, -0.2) is 4.90 Å². The average molecular weight is 398 g/mol. The molecule has 5 nitrogen and oxygen atoms in total. The van der Waals surface area contributed by atoms with Crippen molar-refractivity contribution in [3.05, 3.63) is 77.9 Å². The van der Waals surface area contributed by atoms with Crippen LogP contribution in [-0.4, -0.2) is 17.7 Å². The summed E-state index contributed by atoms with van der Waals surface area (Å²) in [7, 11) is 0. The van der Waals surface area contributed by atoms with Gasteiger partial charge >= 0.3 is 0 Å². The van der Waals surface area contributed by atoms with Crippen LogP contribution >= 0.6 is 0 Å². The summed E-state index contributed by atoms with van der Waals surface area (Å²) in [4.78, 5) is 39.6. The molecular formula is C25H22N2O3. The number of fused-ring (bicyclic) bond motifs is 5. The van der Waals surface area contributed by atoms with E-state index in [9.17, 15) is 14.4 Å². The minimum Gasteiger partial charge on any atom is -0.322 e. The van der Waals surface area contributed by atoms with Gasteiger partial charge in [0.25, 0.3) is 0 Å². The summed E-state index contributed by atoms with van der Waals surface area (Å²) < 4.78 is 0. The summed E-state index contributed by atoms with van der Waals surface area (Å²) in [5.74, 6) is -0.483. The number of nitrogens with one attached hydrogen (secondary N) is 1. The van der Waals surface area contributed by atoms with Crippen LogP contribution in [0.25, 0.3) is 6.08 Å². The summed E-state index contributed by atoms with van der Waals surface area (Å²) >= 11 is 0. The Morgan fingerprint density at radius 2 is 1.70 bits per heavy atom. The zero-order valence-corrected chi connectivity index (χ0v) is 16.6. The molecule has 3 aliphatic rings. The van der Waals surface area contributed by atoms with Crippen LogP contribution in [0.2, 0.25) is 0 Å². The molecule has 1 aliphatic heterocycles. The van der Waals surface area contributed by atoms with E-state index in [0.717, 1.165) is 23.2 Å². The minimum atomic E-state index is -0.236. The Morgan fingerprint density at radius 3 is 2.40 bits per heavy atom. The topological polar surface area (TPSA) is 66.5 Å². The van der Waals surface area contributed by atoms with Crippen LogP contribution in [0.5, 0.6) is 0 Å². The Kier molecular flexibility index (Phi) is 4.39. The summed E-state index contributed by atoms with van der Waals surface area (Å²) in [6.07, 6.45) is 8.24. The van der Waals surface area contributed by atoms with Crippen LogP contribution in [0.3, 0.4) is 0 Å². The van der Waals surface area contributed by atoms with Gasteiger partial charge in [-0.15, -0.1) is 0 Å². The fraction of sp³-hybridized carbons (Fsp3) is 0.240. The van der Waals surface area contributed by atoms with Crippen molar-refractivity contribution in [3.63, 3.8) is 0 Å². The molecule has 2 bridgehead atoms. The zero-order valence-electron chi connectivity index (χ0n) is 16.6. The van der Waals surface area contributed by atoms with E-state index in [0.29, 0.717) is 5.69 Å². The third-order valence-corrected chi connectivity index (χ3v) is 6.43. The molecule has 30 heavy (non-hydrogen) atoms. The Balaban J connectivity index is 1.33.